The Morgan fingerprint density at radius 1 is 1.22 bits per heavy atom. The summed E-state index contributed by atoms with van der Waals surface area (Å²) in [7, 11) is 0. The van der Waals surface area contributed by atoms with Crippen LogP contribution in [-0.2, 0) is 0 Å². The van der Waals surface area contributed by atoms with Crippen molar-refractivity contribution >= 4 is 5.65 Å². The fourth-order valence-corrected chi connectivity index (χ4v) is 2.17. The molecule has 1 aromatic carbocycles. The van der Waals surface area contributed by atoms with Gasteiger partial charge in [-0.05, 0) is 6.92 Å². The number of fused-ring (bicyclic) bond motifs is 1. The monoisotopic (exact) mass is 238 g/mol. The molecule has 0 fully saturated rings. The Kier molecular flexibility index (Phi) is 2.57. The number of imidazole rings is 1. The molecule has 0 radical (unpaired) electrons. The van der Waals surface area contributed by atoms with E-state index in [1.165, 1.54) is 0 Å². The van der Waals surface area contributed by atoms with E-state index in [1.807, 2.05) is 47.9 Å². The highest BCUT2D eigenvalue weighted by atomic mass is 15.1. The van der Waals surface area contributed by atoms with Crippen LogP contribution in [0, 0.1) is 0 Å². The molecule has 0 saturated heterocycles. The predicted octanol–water partition coefficient (Wildman–Crippen LogP) is 2.42. The molecular weight excluding hydrogens is 224 g/mol. The maximum Gasteiger partial charge on any atom is 0.156 e. The Hall–Kier alpha value is -2.20. The fourth-order valence-electron chi connectivity index (χ4n) is 2.17. The third-order valence-electron chi connectivity index (χ3n) is 2.95. The lowest BCUT2D eigenvalue weighted by atomic mass is 10.1. The summed E-state index contributed by atoms with van der Waals surface area (Å²) in [6.45, 7) is 1.97. The van der Waals surface area contributed by atoms with Gasteiger partial charge in [-0.15, -0.1) is 0 Å². The molecule has 1 unspecified atom stereocenters. The maximum atomic E-state index is 6.08. The van der Waals surface area contributed by atoms with E-state index in [9.17, 15) is 0 Å². The van der Waals surface area contributed by atoms with Crippen molar-refractivity contribution in [3.05, 3.63) is 54.6 Å². The summed E-state index contributed by atoms with van der Waals surface area (Å²) >= 11 is 0. The summed E-state index contributed by atoms with van der Waals surface area (Å²) in [4.78, 5) is 8.72. The fraction of sp³-hybridized carbons (Fsp3) is 0.143. The average Bonchev–Trinajstić information content (AvgIpc) is 2.79. The Balaban J connectivity index is 2.32. The first-order valence-electron chi connectivity index (χ1n) is 5.90. The van der Waals surface area contributed by atoms with Crippen molar-refractivity contribution in [2.24, 2.45) is 5.73 Å². The van der Waals surface area contributed by atoms with E-state index in [2.05, 4.69) is 9.97 Å². The van der Waals surface area contributed by atoms with Crippen molar-refractivity contribution < 1.29 is 0 Å². The third kappa shape index (κ3) is 1.67. The Bertz CT molecular complexity index is 671. The number of rotatable bonds is 2. The topological polar surface area (TPSA) is 56.2 Å². The quantitative estimate of drug-likeness (QED) is 0.746. The molecule has 0 aliphatic carbocycles. The molecule has 3 rings (SSSR count). The second kappa shape index (κ2) is 4.23. The summed E-state index contributed by atoms with van der Waals surface area (Å²) < 4.78 is 2.00. The average molecular weight is 238 g/mol. The van der Waals surface area contributed by atoms with Gasteiger partial charge in [0, 0.05) is 24.0 Å². The minimum atomic E-state index is -0.0855. The lowest BCUT2D eigenvalue weighted by Gasteiger charge is -2.08. The summed E-state index contributed by atoms with van der Waals surface area (Å²) in [6, 6.07) is 10.00. The largest absolute Gasteiger partial charge is 0.323 e. The Labute approximate surface area is 105 Å². The van der Waals surface area contributed by atoms with Crippen molar-refractivity contribution in [3.63, 3.8) is 0 Å². The van der Waals surface area contributed by atoms with Crippen molar-refractivity contribution in [3.8, 4) is 11.3 Å². The first-order chi connectivity index (χ1) is 8.77. The van der Waals surface area contributed by atoms with Crippen molar-refractivity contribution in [1.29, 1.82) is 0 Å². The smallest absolute Gasteiger partial charge is 0.156 e. The molecule has 2 aromatic heterocycles. The van der Waals surface area contributed by atoms with Gasteiger partial charge in [0.05, 0.1) is 17.6 Å². The Morgan fingerprint density at radius 3 is 2.72 bits per heavy atom. The van der Waals surface area contributed by atoms with Crippen molar-refractivity contribution in [1.82, 2.24) is 14.4 Å². The SMILES string of the molecule is CC(N)c1c(-c2ccccc2)nc2cnccn12. The second-order valence-corrected chi connectivity index (χ2v) is 4.30. The molecule has 4 nitrogen and oxygen atoms in total. The summed E-state index contributed by atoms with van der Waals surface area (Å²) in [5.41, 5.74) is 9.92. The summed E-state index contributed by atoms with van der Waals surface area (Å²) in [5.74, 6) is 0. The first kappa shape index (κ1) is 10.9. The summed E-state index contributed by atoms with van der Waals surface area (Å²) in [5, 5.41) is 0. The third-order valence-corrected chi connectivity index (χ3v) is 2.95. The van der Waals surface area contributed by atoms with Crippen LogP contribution in [0.5, 0.6) is 0 Å². The predicted molar refractivity (Wildman–Crippen MR) is 71.0 cm³/mol. The maximum absolute atomic E-state index is 6.08. The second-order valence-electron chi connectivity index (χ2n) is 4.30. The van der Waals surface area contributed by atoms with Gasteiger partial charge in [-0.2, -0.15) is 0 Å². The zero-order valence-corrected chi connectivity index (χ0v) is 10.1. The zero-order chi connectivity index (χ0) is 12.5. The highest BCUT2D eigenvalue weighted by Crippen LogP contribution is 2.27. The van der Waals surface area contributed by atoms with Crippen molar-refractivity contribution in [2.75, 3.05) is 0 Å². The number of benzene rings is 1. The lowest BCUT2D eigenvalue weighted by Crippen LogP contribution is -2.09. The van der Waals surface area contributed by atoms with Crippen LogP contribution < -0.4 is 5.73 Å². The molecule has 2 heterocycles. The van der Waals surface area contributed by atoms with E-state index in [1.54, 1.807) is 12.4 Å². The first-order valence-corrected chi connectivity index (χ1v) is 5.90. The van der Waals surface area contributed by atoms with Gasteiger partial charge in [-0.25, -0.2) is 4.98 Å². The number of hydrogen-bond donors (Lipinski definition) is 1. The van der Waals surface area contributed by atoms with Gasteiger partial charge in [-0.3, -0.25) is 9.38 Å². The minimum absolute atomic E-state index is 0.0855. The van der Waals surface area contributed by atoms with Gasteiger partial charge >= 0.3 is 0 Å². The highest BCUT2D eigenvalue weighted by Gasteiger charge is 2.16. The molecule has 18 heavy (non-hydrogen) atoms. The summed E-state index contributed by atoms with van der Waals surface area (Å²) in [6.07, 6.45) is 5.39. The molecule has 0 aliphatic heterocycles. The number of hydrogen-bond acceptors (Lipinski definition) is 3. The lowest BCUT2D eigenvalue weighted by molar-refractivity contribution is 0.770. The van der Waals surface area contributed by atoms with Gasteiger partial charge in [0.15, 0.2) is 5.65 Å². The molecule has 4 heteroatoms. The Morgan fingerprint density at radius 2 is 2.00 bits per heavy atom. The van der Waals surface area contributed by atoms with Crippen LogP contribution in [0.2, 0.25) is 0 Å². The van der Waals surface area contributed by atoms with Gasteiger partial charge < -0.3 is 5.73 Å². The van der Waals surface area contributed by atoms with E-state index in [0.717, 1.165) is 22.6 Å². The zero-order valence-electron chi connectivity index (χ0n) is 10.1. The molecule has 1 atom stereocenters. The van der Waals surface area contributed by atoms with E-state index in [0.29, 0.717) is 0 Å². The van der Waals surface area contributed by atoms with Crippen LogP contribution in [0.1, 0.15) is 18.7 Å². The standard InChI is InChI=1S/C14H14N4/c1-10(15)14-13(11-5-3-2-4-6-11)17-12-9-16-7-8-18(12)14/h2-10H,15H2,1H3. The van der Waals surface area contributed by atoms with Gasteiger partial charge in [0.2, 0.25) is 0 Å². The molecule has 3 aromatic rings. The van der Waals surface area contributed by atoms with E-state index in [4.69, 9.17) is 5.73 Å². The van der Waals surface area contributed by atoms with E-state index in [-0.39, 0.29) is 6.04 Å². The highest BCUT2D eigenvalue weighted by molar-refractivity contribution is 5.66. The molecule has 0 aliphatic rings. The van der Waals surface area contributed by atoms with Crippen LogP contribution in [-0.4, -0.2) is 14.4 Å². The van der Waals surface area contributed by atoms with Gasteiger partial charge in [0.1, 0.15) is 0 Å². The molecule has 0 amide bonds. The molecule has 0 saturated carbocycles. The van der Waals surface area contributed by atoms with E-state index >= 15 is 0 Å². The number of nitrogens with two attached hydrogens (primary N) is 1. The van der Waals surface area contributed by atoms with Crippen LogP contribution in [0.3, 0.4) is 0 Å². The van der Waals surface area contributed by atoms with Crippen molar-refractivity contribution in [2.45, 2.75) is 13.0 Å². The molecule has 0 bridgehead atoms. The van der Waals surface area contributed by atoms with Crippen LogP contribution >= 0.6 is 0 Å². The van der Waals surface area contributed by atoms with Crippen LogP contribution in [0.25, 0.3) is 16.9 Å². The minimum Gasteiger partial charge on any atom is -0.323 e. The van der Waals surface area contributed by atoms with Crippen LogP contribution in [0.15, 0.2) is 48.9 Å². The molecular formula is C14H14N4. The number of nitrogens with zero attached hydrogens (tertiary/aromatic N) is 3. The van der Waals surface area contributed by atoms with Gasteiger partial charge in [-0.1, -0.05) is 30.3 Å². The number of aromatic nitrogens is 3. The van der Waals surface area contributed by atoms with Gasteiger partial charge in [0.25, 0.3) is 0 Å². The molecule has 2 N–H and O–H groups in total. The van der Waals surface area contributed by atoms with E-state index < -0.39 is 0 Å². The molecule has 0 spiro atoms. The van der Waals surface area contributed by atoms with Crippen LogP contribution in [0.4, 0.5) is 0 Å². The normalized spacial score (nSPS) is 12.8. The molecule has 90 valence electrons.